The molecular formula is C19H31N3O3. The first-order valence-electron chi connectivity index (χ1n) is 9.36. The smallest absolute Gasteiger partial charge is 0.0916 e. The average molecular weight is 349 g/mol. The van der Waals surface area contributed by atoms with Gasteiger partial charge in [-0.3, -0.25) is 14.7 Å². The Morgan fingerprint density at radius 2 is 1.28 bits per heavy atom. The maximum atomic E-state index is 10.4. The van der Waals surface area contributed by atoms with Crippen molar-refractivity contribution in [2.24, 2.45) is 0 Å². The van der Waals surface area contributed by atoms with E-state index >= 15 is 0 Å². The van der Waals surface area contributed by atoms with E-state index in [1.165, 1.54) is 0 Å². The molecule has 2 heterocycles. The number of morpholine rings is 1. The quantitative estimate of drug-likeness (QED) is 0.724. The third-order valence-electron chi connectivity index (χ3n) is 5.12. The molecule has 0 unspecified atom stereocenters. The SMILES string of the molecule is O[C@@H](CN1CCOCC1)CN1CCN(C[C@@H](O)c2ccccc2)CC1. The molecule has 3 rings (SSSR count). The summed E-state index contributed by atoms with van der Waals surface area (Å²) < 4.78 is 5.35. The van der Waals surface area contributed by atoms with Crippen LogP contribution in [0, 0.1) is 0 Å². The largest absolute Gasteiger partial charge is 0.390 e. The van der Waals surface area contributed by atoms with Crippen molar-refractivity contribution in [3.63, 3.8) is 0 Å². The predicted octanol–water partition coefficient (Wildman–Crippen LogP) is 0.0307. The Morgan fingerprint density at radius 1 is 0.760 bits per heavy atom. The molecule has 0 saturated carbocycles. The van der Waals surface area contributed by atoms with Crippen molar-refractivity contribution in [3.05, 3.63) is 35.9 Å². The lowest BCUT2D eigenvalue weighted by Crippen LogP contribution is -2.51. The van der Waals surface area contributed by atoms with Gasteiger partial charge in [-0.25, -0.2) is 0 Å². The molecule has 2 aliphatic heterocycles. The van der Waals surface area contributed by atoms with Crippen molar-refractivity contribution in [2.75, 3.05) is 72.1 Å². The van der Waals surface area contributed by atoms with E-state index in [0.29, 0.717) is 6.54 Å². The lowest BCUT2D eigenvalue weighted by Gasteiger charge is -2.37. The molecule has 0 bridgehead atoms. The molecule has 0 amide bonds. The van der Waals surface area contributed by atoms with E-state index in [1.807, 2.05) is 30.3 Å². The number of nitrogens with zero attached hydrogens (tertiary/aromatic N) is 3. The van der Waals surface area contributed by atoms with Gasteiger partial charge < -0.3 is 14.9 Å². The summed E-state index contributed by atoms with van der Waals surface area (Å²) >= 11 is 0. The van der Waals surface area contributed by atoms with Crippen molar-refractivity contribution in [3.8, 4) is 0 Å². The third kappa shape index (κ3) is 6.02. The molecule has 1 aromatic rings. The van der Waals surface area contributed by atoms with Crippen LogP contribution in [0.2, 0.25) is 0 Å². The molecule has 1 aromatic carbocycles. The van der Waals surface area contributed by atoms with Crippen LogP contribution in [-0.4, -0.2) is 103 Å². The fraction of sp³-hybridized carbons (Fsp3) is 0.684. The van der Waals surface area contributed by atoms with Gasteiger partial charge in [-0.15, -0.1) is 0 Å². The Bertz CT molecular complexity index is 488. The minimum atomic E-state index is -0.431. The van der Waals surface area contributed by atoms with Gasteiger partial charge in [-0.2, -0.15) is 0 Å². The summed E-state index contributed by atoms with van der Waals surface area (Å²) in [6, 6.07) is 9.85. The van der Waals surface area contributed by atoms with Crippen molar-refractivity contribution in [1.82, 2.24) is 14.7 Å². The van der Waals surface area contributed by atoms with Crippen LogP contribution in [0.4, 0.5) is 0 Å². The fourth-order valence-corrected chi connectivity index (χ4v) is 3.62. The molecular weight excluding hydrogens is 318 g/mol. The second kappa shape index (κ2) is 9.62. The lowest BCUT2D eigenvalue weighted by atomic mass is 10.1. The second-order valence-electron chi connectivity index (χ2n) is 7.09. The zero-order chi connectivity index (χ0) is 17.5. The zero-order valence-corrected chi connectivity index (χ0v) is 15.0. The molecule has 2 atom stereocenters. The molecule has 6 nitrogen and oxygen atoms in total. The van der Waals surface area contributed by atoms with Gasteiger partial charge in [0.25, 0.3) is 0 Å². The maximum Gasteiger partial charge on any atom is 0.0916 e. The lowest BCUT2D eigenvalue weighted by molar-refractivity contribution is 0.000288. The average Bonchev–Trinajstić information content (AvgIpc) is 2.65. The first-order valence-corrected chi connectivity index (χ1v) is 9.36. The van der Waals surface area contributed by atoms with Crippen molar-refractivity contribution >= 4 is 0 Å². The molecule has 0 aliphatic carbocycles. The molecule has 0 radical (unpaired) electrons. The van der Waals surface area contributed by atoms with E-state index in [4.69, 9.17) is 4.74 Å². The van der Waals surface area contributed by atoms with E-state index in [2.05, 4.69) is 14.7 Å². The Hall–Kier alpha value is -1.02. The number of β-amino-alcohol motifs (C(OH)–C–C–N with tert-alkyl or cyclic N) is 2. The molecule has 140 valence electrons. The van der Waals surface area contributed by atoms with Gasteiger partial charge in [0, 0.05) is 58.9 Å². The first-order chi connectivity index (χ1) is 12.2. The molecule has 6 heteroatoms. The minimum Gasteiger partial charge on any atom is -0.390 e. The standard InChI is InChI=1S/C19H31N3O3/c23-18(15-22-10-12-25-13-11-22)14-20-6-8-21(9-7-20)16-19(24)17-4-2-1-3-5-17/h1-5,18-19,23-24H,6-16H2/t18-,19-/m1/s1. The highest BCUT2D eigenvalue weighted by molar-refractivity contribution is 5.17. The second-order valence-corrected chi connectivity index (χ2v) is 7.09. The van der Waals surface area contributed by atoms with Gasteiger partial charge in [-0.1, -0.05) is 30.3 Å². The number of benzene rings is 1. The highest BCUT2D eigenvalue weighted by Gasteiger charge is 2.22. The Balaban J connectivity index is 1.35. The maximum absolute atomic E-state index is 10.4. The Kier molecular flexibility index (Phi) is 7.22. The van der Waals surface area contributed by atoms with Gasteiger partial charge in [0.05, 0.1) is 25.4 Å². The summed E-state index contributed by atoms with van der Waals surface area (Å²) in [6.45, 7) is 9.29. The highest BCUT2D eigenvalue weighted by atomic mass is 16.5. The number of rotatable bonds is 7. The van der Waals surface area contributed by atoms with Gasteiger partial charge >= 0.3 is 0 Å². The van der Waals surface area contributed by atoms with Gasteiger partial charge in [0.2, 0.25) is 0 Å². The van der Waals surface area contributed by atoms with Crippen molar-refractivity contribution < 1.29 is 14.9 Å². The summed E-state index contributed by atoms with van der Waals surface area (Å²) in [5.41, 5.74) is 0.978. The van der Waals surface area contributed by atoms with Gasteiger partial charge in [0.1, 0.15) is 0 Å². The van der Waals surface area contributed by atoms with E-state index < -0.39 is 6.10 Å². The van der Waals surface area contributed by atoms with E-state index in [1.54, 1.807) is 0 Å². The summed E-state index contributed by atoms with van der Waals surface area (Å²) in [5.74, 6) is 0. The van der Waals surface area contributed by atoms with Crippen molar-refractivity contribution in [2.45, 2.75) is 12.2 Å². The molecule has 2 fully saturated rings. The van der Waals surface area contributed by atoms with Crippen LogP contribution < -0.4 is 0 Å². The molecule has 25 heavy (non-hydrogen) atoms. The van der Waals surface area contributed by atoms with Gasteiger partial charge in [-0.05, 0) is 5.56 Å². The Labute approximate surface area is 150 Å². The molecule has 2 saturated heterocycles. The summed E-state index contributed by atoms with van der Waals surface area (Å²) in [4.78, 5) is 6.92. The van der Waals surface area contributed by atoms with Crippen LogP contribution in [0.5, 0.6) is 0 Å². The third-order valence-corrected chi connectivity index (χ3v) is 5.12. The number of ether oxygens (including phenoxy) is 1. The minimum absolute atomic E-state index is 0.306. The van der Waals surface area contributed by atoms with E-state index in [9.17, 15) is 10.2 Å². The summed E-state index contributed by atoms with van der Waals surface area (Å²) in [6.07, 6.45) is -0.737. The van der Waals surface area contributed by atoms with Crippen LogP contribution in [0.1, 0.15) is 11.7 Å². The van der Waals surface area contributed by atoms with Crippen LogP contribution in [0.15, 0.2) is 30.3 Å². The monoisotopic (exact) mass is 349 g/mol. The van der Waals surface area contributed by atoms with Crippen molar-refractivity contribution in [1.29, 1.82) is 0 Å². The fourth-order valence-electron chi connectivity index (χ4n) is 3.62. The van der Waals surface area contributed by atoms with E-state index in [0.717, 1.165) is 71.1 Å². The summed E-state index contributed by atoms with van der Waals surface area (Å²) in [5, 5.41) is 20.7. The first kappa shape index (κ1) is 18.8. The molecule has 2 aliphatic rings. The predicted molar refractivity (Wildman–Crippen MR) is 97.5 cm³/mol. The van der Waals surface area contributed by atoms with Crippen LogP contribution in [0.25, 0.3) is 0 Å². The topological polar surface area (TPSA) is 59.4 Å². The van der Waals surface area contributed by atoms with E-state index in [-0.39, 0.29) is 6.10 Å². The number of hydrogen-bond acceptors (Lipinski definition) is 6. The molecule has 2 N–H and O–H groups in total. The van der Waals surface area contributed by atoms with Crippen LogP contribution >= 0.6 is 0 Å². The number of piperazine rings is 1. The van der Waals surface area contributed by atoms with Crippen LogP contribution in [0.3, 0.4) is 0 Å². The molecule has 0 aromatic heterocycles. The number of hydrogen-bond donors (Lipinski definition) is 2. The normalized spacial score (nSPS) is 23.4. The van der Waals surface area contributed by atoms with Crippen LogP contribution in [-0.2, 0) is 4.74 Å². The summed E-state index contributed by atoms with van der Waals surface area (Å²) in [7, 11) is 0. The number of aliphatic hydroxyl groups excluding tert-OH is 2. The van der Waals surface area contributed by atoms with Gasteiger partial charge in [0.15, 0.2) is 0 Å². The molecule has 0 spiro atoms. The Morgan fingerprint density at radius 3 is 1.88 bits per heavy atom. The number of aliphatic hydroxyl groups is 2. The highest BCUT2D eigenvalue weighted by Crippen LogP contribution is 2.15. The zero-order valence-electron chi connectivity index (χ0n) is 15.0.